The Hall–Kier alpha value is -3.26. The monoisotopic (exact) mass is 603 g/mol. The molecule has 1 heterocycles. The molecular weight excluding hydrogens is 562 g/mol. The summed E-state index contributed by atoms with van der Waals surface area (Å²) in [6.07, 6.45) is -4.55. The van der Waals surface area contributed by atoms with Crippen molar-refractivity contribution in [1.29, 1.82) is 0 Å². The van der Waals surface area contributed by atoms with Gasteiger partial charge in [0.1, 0.15) is 0 Å². The normalized spacial score (nSPS) is 15.5. The zero-order chi connectivity index (χ0) is 31.9. The van der Waals surface area contributed by atoms with Crippen molar-refractivity contribution in [3.05, 3.63) is 64.7 Å². The van der Waals surface area contributed by atoms with Gasteiger partial charge in [0.2, 0.25) is 11.8 Å². The van der Waals surface area contributed by atoms with E-state index in [2.05, 4.69) is 5.32 Å². The van der Waals surface area contributed by atoms with Crippen LogP contribution in [0.3, 0.4) is 0 Å². The smallest absolute Gasteiger partial charge is 0.416 e. The molecule has 0 radical (unpaired) electrons. The van der Waals surface area contributed by atoms with Crippen LogP contribution in [0.1, 0.15) is 48.9 Å². The maximum absolute atomic E-state index is 13.6. The number of hydrogen-bond acceptors (Lipinski definition) is 7. The first-order chi connectivity index (χ1) is 20.2. The van der Waals surface area contributed by atoms with Crippen molar-refractivity contribution >= 4 is 30.0 Å². The highest BCUT2D eigenvalue weighted by atomic mass is 19.4. The van der Waals surface area contributed by atoms with Gasteiger partial charge in [-0.15, -0.1) is 0 Å². The van der Waals surface area contributed by atoms with Crippen LogP contribution < -0.4 is 28.0 Å². The van der Waals surface area contributed by atoms with Crippen LogP contribution in [-0.2, 0) is 43.7 Å². The van der Waals surface area contributed by atoms with Gasteiger partial charge < -0.3 is 32.1 Å². The molecule has 0 aromatic heterocycles. The SMILES string of the molecule is CB1OC(C)(C)c2ccc(CC(=O)[C@@H](Cc3ccc(C(F)(F)F)cc3)NC(=O)[C@@H](N)CCC(=O)N(CCN)CCN)cc21. The summed E-state index contributed by atoms with van der Waals surface area (Å²) in [4.78, 5) is 40.7. The lowest BCUT2D eigenvalue weighted by Gasteiger charge is -2.23. The standard InChI is InChI=1S/C30H41BF3N5O4/c1-29(2)22-9-6-20(16-23(22)31(3)43-29)18-26(40)25(17-19-4-7-21(8-5-19)30(32,33)34)38-28(42)24(37)10-11-27(41)39(14-12-35)15-13-36/h4-9,16,24-25H,10-15,17-18,35-37H2,1-3H3,(H,38,42)/t24-,25+/m0/s1. The van der Waals surface area contributed by atoms with Crippen LogP contribution in [0.5, 0.6) is 0 Å². The number of carbonyl (C=O) groups excluding carboxylic acids is 3. The molecule has 0 aliphatic carbocycles. The van der Waals surface area contributed by atoms with Crippen molar-refractivity contribution in [2.45, 2.75) is 70.2 Å². The van der Waals surface area contributed by atoms with E-state index in [4.69, 9.17) is 21.9 Å². The second-order valence-corrected chi connectivity index (χ2v) is 11.4. The van der Waals surface area contributed by atoms with E-state index in [1.54, 1.807) is 0 Å². The number of nitrogens with two attached hydrogens (primary N) is 3. The number of benzene rings is 2. The van der Waals surface area contributed by atoms with E-state index in [-0.39, 0.29) is 57.4 Å². The Bertz CT molecular complexity index is 1280. The van der Waals surface area contributed by atoms with Gasteiger partial charge in [0, 0.05) is 39.0 Å². The van der Waals surface area contributed by atoms with Gasteiger partial charge in [-0.3, -0.25) is 14.4 Å². The van der Waals surface area contributed by atoms with Crippen molar-refractivity contribution in [2.75, 3.05) is 26.2 Å². The highest BCUT2D eigenvalue weighted by Gasteiger charge is 2.38. The van der Waals surface area contributed by atoms with Crippen molar-refractivity contribution in [3.63, 3.8) is 0 Å². The Balaban J connectivity index is 1.75. The highest BCUT2D eigenvalue weighted by molar-refractivity contribution is 6.67. The number of nitrogens with one attached hydrogen (secondary N) is 1. The van der Waals surface area contributed by atoms with Gasteiger partial charge in [-0.25, -0.2) is 0 Å². The van der Waals surface area contributed by atoms with E-state index < -0.39 is 35.3 Å². The Morgan fingerprint density at radius 2 is 1.63 bits per heavy atom. The van der Waals surface area contributed by atoms with E-state index in [1.807, 2.05) is 38.9 Å². The van der Waals surface area contributed by atoms with Gasteiger partial charge in [0.25, 0.3) is 0 Å². The van der Waals surface area contributed by atoms with Crippen LogP contribution in [0.15, 0.2) is 42.5 Å². The lowest BCUT2D eigenvalue weighted by molar-refractivity contribution is -0.137. The van der Waals surface area contributed by atoms with Gasteiger partial charge in [-0.2, -0.15) is 13.2 Å². The van der Waals surface area contributed by atoms with Crippen LogP contribution in [-0.4, -0.2) is 67.7 Å². The molecule has 7 N–H and O–H groups in total. The minimum Gasteiger partial charge on any atom is -0.422 e. The average molecular weight is 603 g/mol. The van der Waals surface area contributed by atoms with E-state index in [1.165, 1.54) is 17.0 Å². The molecule has 0 saturated heterocycles. The van der Waals surface area contributed by atoms with Gasteiger partial charge in [0.05, 0.1) is 23.2 Å². The molecule has 2 aromatic rings. The van der Waals surface area contributed by atoms with Crippen LogP contribution in [0.25, 0.3) is 0 Å². The fourth-order valence-electron chi connectivity index (χ4n) is 5.33. The minimum absolute atomic E-state index is 0.0160. The summed E-state index contributed by atoms with van der Waals surface area (Å²) >= 11 is 0. The second kappa shape index (κ2) is 14.5. The maximum Gasteiger partial charge on any atom is 0.416 e. The summed E-state index contributed by atoms with van der Waals surface area (Å²) in [7, 11) is 0. The second-order valence-electron chi connectivity index (χ2n) is 11.4. The number of halogens is 3. The summed E-state index contributed by atoms with van der Waals surface area (Å²) in [5.41, 5.74) is 19.1. The Kier molecular flexibility index (Phi) is 11.5. The molecule has 0 unspecified atom stereocenters. The third kappa shape index (κ3) is 9.12. The van der Waals surface area contributed by atoms with E-state index in [0.717, 1.165) is 28.7 Å². The number of ketones is 1. The molecule has 0 fully saturated rings. The summed E-state index contributed by atoms with van der Waals surface area (Å²) in [6, 6.07) is 7.97. The molecule has 0 bridgehead atoms. The number of rotatable bonds is 14. The lowest BCUT2D eigenvalue weighted by atomic mass is 9.63. The molecule has 9 nitrogen and oxygen atoms in total. The number of amides is 2. The summed E-state index contributed by atoms with van der Waals surface area (Å²) in [5.74, 6) is -1.21. The Morgan fingerprint density at radius 3 is 2.21 bits per heavy atom. The van der Waals surface area contributed by atoms with Crippen molar-refractivity contribution in [3.8, 4) is 0 Å². The molecule has 3 rings (SSSR count). The predicted octanol–water partition coefficient (Wildman–Crippen LogP) is 1.49. The number of hydrogen-bond donors (Lipinski definition) is 4. The Labute approximate surface area is 250 Å². The Morgan fingerprint density at radius 1 is 1.02 bits per heavy atom. The molecule has 2 amide bonds. The molecule has 0 saturated carbocycles. The van der Waals surface area contributed by atoms with E-state index >= 15 is 0 Å². The molecule has 43 heavy (non-hydrogen) atoms. The number of fused-ring (bicyclic) bond motifs is 1. The number of alkyl halides is 3. The summed E-state index contributed by atoms with van der Waals surface area (Å²) in [6.45, 7) is 6.90. The quantitative estimate of drug-likeness (QED) is 0.239. The molecule has 1 aliphatic rings. The van der Waals surface area contributed by atoms with Crippen molar-refractivity contribution in [2.24, 2.45) is 17.2 Å². The van der Waals surface area contributed by atoms with E-state index in [9.17, 15) is 27.6 Å². The fraction of sp³-hybridized carbons (Fsp3) is 0.500. The van der Waals surface area contributed by atoms with Crippen molar-refractivity contribution < 1.29 is 32.2 Å². The largest absolute Gasteiger partial charge is 0.422 e. The first-order valence-corrected chi connectivity index (χ1v) is 14.4. The van der Waals surface area contributed by atoms with Gasteiger partial charge >= 0.3 is 13.1 Å². The third-order valence-corrected chi connectivity index (χ3v) is 7.64. The number of nitrogens with zero attached hydrogens (tertiary/aromatic N) is 1. The molecule has 1 aliphatic heterocycles. The van der Waals surface area contributed by atoms with Crippen LogP contribution in [0.2, 0.25) is 6.82 Å². The van der Waals surface area contributed by atoms with Crippen molar-refractivity contribution in [1.82, 2.24) is 10.2 Å². The number of Topliss-reactive ketones (excluding diaryl/α,β-unsaturated/α-hetero) is 1. The van der Waals surface area contributed by atoms with Gasteiger partial charge in [-0.05, 0) is 61.0 Å². The fourth-order valence-corrected chi connectivity index (χ4v) is 5.33. The first-order valence-electron chi connectivity index (χ1n) is 14.4. The average Bonchev–Trinajstić information content (AvgIpc) is 3.17. The summed E-state index contributed by atoms with van der Waals surface area (Å²) in [5, 5.41) is 2.68. The molecule has 2 aromatic carbocycles. The molecule has 2 atom stereocenters. The minimum atomic E-state index is -4.50. The highest BCUT2D eigenvalue weighted by Crippen LogP contribution is 2.31. The van der Waals surface area contributed by atoms with Crippen LogP contribution >= 0.6 is 0 Å². The molecular formula is C30H41BF3N5O4. The molecule has 234 valence electrons. The zero-order valence-electron chi connectivity index (χ0n) is 24.9. The zero-order valence-corrected chi connectivity index (χ0v) is 24.9. The lowest BCUT2D eigenvalue weighted by Crippen LogP contribution is -2.50. The van der Waals surface area contributed by atoms with Gasteiger partial charge in [0.15, 0.2) is 5.78 Å². The van der Waals surface area contributed by atoms with E-state index in [0.29, 0.717) is 18.7 Å². The topological polar surface area (TPSA) is 154 Å². The third-order valence-electron chi connectivity index (χ3n) is 7.64. The van der Waals surface area contributed by atoms with Crippen LogP contribution in [0, 0.1) is 0 Å². The molecule has 0 spiro atoms. The summed E-state index contributed by atoms with van der Waals surface area (Å²) < 4.78 is 45.3. The van der Waals surface area contributed by atoms with Crippen LogP contribution in [0.4, 0.5) is 13.2 Å². The predicted molar refractivity (Wildman–Crippen MR) is 159 cm³/mol. The van der Waals surface area contributed by atoms with Gasteiger partial charge in [-0.1, -0.05) is 37.2 Å². The number of carbonyl (C=O) groups is 3. The first kappa shape index (κ1) is 34.2. The maximum atomic E-state index is 13.6. The molecule has 13 heteroatoms.